The van der Waals surface area contributed by atoms with Gasteiger partial charge in [-0.3, -0.25) is 14.3 Å². The van der Waals surface area contributed by atoms with Gasteiger partial charge in [-0.05, 0) is 48.2 Å². The summed E-state index contributed by atoms with van der Waals surface area (Å²) in [5.41, 5.74) is 2.12. The van der Waals surface area contributed by atoms with Crippen LogP contribution in [-0.4, -0.2) is 31.4 Å². The Bertz CT molecular complexity index is 1210. The second-order valence-electron chi connectivity index (χ2n) is 7.79. The number of carbonyl (C=O) groups is 1. The number of nitrogens with zero attached hydrogens (tertiary/aromatic N) is 4. The SMILES string of the molecule is CC(NC(=O)CSc1nnc(-c2ccncc2)n1C1CC1)c1cccc2ccccc12. The monoisotopic (exact) mass is 429 g/mol. The average Bonchev–Trinajstić information content (AvgIpc) is 3.56. The van der Waals surface area contributed by atoms with Crippen molar-refractivity contribution in [3.05, 3.63) is 72.6 Å². The van der Waals surface area contributed by atoms with Gasteiger partial charge in [0, 0.05) is 24.0 Å². The first-order valence-corrected chi connectivity index (χ1v) is 11.4. The summed E-state index contributed by atoms with van der Waals surface area (Å²) in [6.07, 6.45) is 5.76. The molecule has 0 radical (unpaired) electrons. The van der Waals surface area contributed by atoms with Gasteiger partial charge in [-0.1, -0.05) is 54.2 Å². The molecule has 1 aliphatic rings. The van der Waals surface area contributed by atoms with Crippen LogP contribution in [0.2, 0.25) is 0 Å². The maximum Gasteiger partial charge on any atom is 0.230 e. The summed E-state index contributed by atoms with van der Waals surface area (Å²) < 4.78 is 2.17. The maximum absolute atomic E-state index is 12.7. The topological polar surface area (TPSA) is 72.7 Å². The zero-order valence-corrected chi connectivity index (χ0v) is 18.0. The molecule has 1 amide bonds. The number of pyridine rings is 1. The Morgan fingerprint density at radius 2 is 1.87 bits per heavy atom. The van der Waals surface area contributed by atoms with Crippen molar-refractivity contribution in [3.63, 3.8) is 0 Å². The zero-order valence-electron chi connectivity index (χ0n) is 17.2. The standard InChI is InChI=1S/C24H23N5OS/c1-16(20-8-4-6-17-5-2-3-7-21(17)20)26-22(30)15-31-24-28-27-23(29(24)19-9-10-19)18-11-13-25-14-12-18/h2-8,11-14,16,19H,9-10,15H2,1H3,(H,26,30). The lowest BCUT2D eigenvalue weighted by atomic mass is 10.00. The van der Waals surface area contributed by atoms with E-state index in [0.717, 1.165) is 34.9 Å². The molecule has 1 N–H and O–H groups in total. The number of aromatic nitrogens is 4. The molecule has 1 saturated carbocycles. The third kappa shape index (κ3) is 4.18. The van der Waals surface area contributed by atoms with Gasteiger partial charge in [0.2, 0.25) is 5.91 Å². The molecule has 0 aliphatic heterocycles. The molecule has 6 nitrogen and oxygen atoms in total. The van der Waals surface area contributed by atoms with Gasteiger partial charge >= 0.3 is 0 Å². The van der Waals surface area contributed by atoms with Crippen molar-refractivity contribution in [2.45, 2.75) is 37.0 Å². The van der Waals surface area contributed by atoms with E-state index in [1.54, 1.807) is 12.4 Å². The molecule has 2 aromatic carbocycles. The van der Waals surface area contributed by atoms with Crippen LogP contribution in [0, 0.1) is 0 Å². The van der Waals surface area contributed by atoms with Crippen LogP contribution in [0.4, 0.5) is 0 Å². The summed E-state index contributed by atoms with van der Waals surface area (Å²) >= 11 is 1.44. The number of benzene rings is 2. The molecule has 5 rings (SSSR count). The fraction of sp³-hybridized carbons (Fsp3) is 0.250. The van der Waals surface area contributed by atoms with Crippen molar-refractivity contribution >= 4 is 28.4 Å². The summed E-state index contributed by atoms with van der Waals surface area (Å²) in [6.45, 7) is 2.03. The molecule has 4 aromatic rings. The van der Waals surface area contributed by atoms with E-state index in [0.29, 0.717) is 11.8 Å². The Morgan fingerprint density at radius 1 is 1.10 bits per heavy atom. The van der Waals surface area contributed by atoms with E-state index in [1.807, 2.05) is 37.3 Å². The Morgan fingerprint density at radius 3 is 2.68 bits per heavy atom. The predicted molar refractivity (Wildman–Crippen MR) is 123 cm³/mol. The lowest BCUT2D eigenvalue weighted by molar-refractivity contribution is -0.119. The minimum absolute atomic E-state index is 0.0127. The van der Waals surface area contributed by atoms with Gasteiger partial charge in [-0.15, -0.1) is 10.2 Å². The van der Waals surface area contributed by atoms with Gasteiger partial charge in [0.05, 0.1) is 11.8 Å². The Balaban J connectivity index is 1.28. The molecule has 2 heterocycles. The molecule has 0 bridgehead atoms. The summed E-state index contributed by atoms with van der Waals surface area (Å²) in [7, 11) is 0. The van der Waals surface area contributed by atoms with Crippen molar-refractivity contribution < 1.29 is 4.79 Å². The van der Waals surface area contributed by atoms with Crippen molar-refractivity contribution in [3.8, 4) is 11.4 Å². The molecule has 31 heavy (non-hydrogen) atoms. The first kappa shape index (κ1) is 19.8. The highest BCUT2D eigenvalue weighted by Gasteiger charge is 2.30. The van der Waals surface area contributed by atoms with Crippen LogP contribution >= 0.6 is 11.8 Å². The van der Waals surface area contributed by atoms with Crippen LogP contribution in [-0.2, 0) is 4.79 Å². The van der Waals surface area contributed by atoms with Crippen LogP contribution in [0.25, 0.3) is 22.2 Å². The average molecular weight is 430 g/mol. The molecule has 7 heteroatoms. The van der Waals surface area contributed by atoms with E-state index in [4.69, 9.17) is 0 Å². The summed E-state index contributed by atoms with van der Waals surface area (Å²) in [4.78, 5) is 16.8. The molecule has 1 aliphatic carbocycles. The minimum Gasteiger partial charge on any atom is -0.349 e. The number of nitrogens with one attached hydrogen (secondary N) is 1. The number of fused-ring (bicyclic) bond motifs is 1. The highest BCUT2D eigenvalue weighted by atomic mass is 32.2. The lowest BCUT2D eigenvalue weighted by Crippen LogP contribution is -2.28. The van der Waals surface area contributed by atoms with E-state index < -0.39 is 0 Å². The number of hydrogen-bond donors (Lipinski definition) is 1. The molecule has 1 unspecified atom stereocenters. The number of hydrogen-bond acceptors (Lipinski definition) is 5. The Labute approximate surface area is 185 Å². The molecule has 0 spiro atoms. The van der Waals surface area contributed by atoms with Gasteiger partial charge < -0.3 is 5.32 Å². The van der Waals surface area contributed by atoms with Crippen LogP contribution in [0.15, 0.2) is 72.1 Å². The quantitative estimate of drug-likeness (QED) is 0.427. The second-order valence-corrected chi connectivity index (χ2v) is 8.73. The van der Waals surface area contributed by atoms with E-state index in [2.05, 4.69) is 49.3 Å². The molecule has 1 atom stereocenters. The molecule has 156 valence electrons. The Hall–Kier alpha value is -3.19. The number of carbonyl (C=O) groups excluding carboxylic acids is 1. The number of amides is 1. The van der Waals surface area contributed by atoms with Gasteiger partial charge in [-0.25, -0.2) is 0 Å². The van der Waals surface area contributed by atoms with Crippen molar-refractivity contribution in [1.82, 2.24) is 25.1 Å². The molecule has 1 fully saturated rings. The van der Waals surface area contributed by atoms with E-state index in [1.165, 1.54) is 22.5 Å². The predicted octanol–water partition coefficient (Wildman–Crippen LogP) is 4.80. The van der Waals surface area contributed by atoms with Crippen molar-refractivity contribution in [1.29, 1.82) is 0 Å². The molecule has 0 saturated heterocycles. The van der Waals surface area contributed by atoms with Crippen molar-refractivity contribution in [2.75, 3.05) is 5.75 Å². The summed E-state index contributed by atoms with van der Waals surface area (Å²) in [5.74, 6) is 1.13. The van der Waals surface area contributed by atoms with Crippen LogP contribution in [0.1, 0.15) is 37.4 Å². The third-order valence-corrected chi connectivity index (χ3v) is 6.46. The first-order chi connectivity index (χ1) is 15.2. The summed E-state index contributed by atoms with van der Waals surface area (Å²) in [5, 5.41) is 15.1. The third-order valence-electron chi connectivity index (χ3n) is 5.51. The molecular formula is C24H23N5OS. The van der Waals surface area contributed by atoms with E-state index in [-0.39, 0.29) is 11.9 Å². The highest BCUT2D eigenvalue weighted by Crippen LogP contribution is 2.41. The molecular weight excluding hydrogens is 406 g/mol. The fourth-order valence-electron chi connectivity index (χ4n) is 3.85. The largest absolute Gasteiger partial charge is 0.349 e. The fourth-order valence-corrected chi connectivity index (χ4v) is 4.67. The number of rotatable bonds is 7. The second kappa shape index (κ2) is 8.51. The van der Waals surface area contributed by atoms with E-state index in [9.17, 15) is 4.79 Å². The lowest BCUT2D eigenvalue weighted by Gasteiger charge is -2.16. The number of thioether (sulfide) groups is 1. The van der Waals surface area contributed by atoms with Crippen LogP contribution < -0.4 is 5.32 Å². The van der Waals surface area contributed by atoms with Gasteiger partial charge in [0.1, 0.15) is 0 Å². The van der Waals surface area contributed by atoms with Gasteiger partial charge in [-0.2, -0.15) is 0 Å². The maximum atomic E-state index is 12.7. The van der Waals surface area contributed by atoms with E-state index >= 15 is 0 Å². The highest BCUT2D eigenvalue weighted by molar-refractivity contribution is 7.99. The Kier molecular flexibility index (Phi) is 5.42. The van der Waals surface area contributed by atoms with Crippen LogP contribution in [0.3, 0.4) is 0 Å². The smallest absolute Gasteiger partial charge is 0.230 e. The summed E-state index contributed by atoms with van der Waals surface area (Å²) in [6, 6.07) is 18.7. The normalized spacial score (nSPS) is 14.5. The van der Waals surface area contributed by atoms with Crippen LogP contribution in [0.5, 0.6) is 0 Å². The molecule has 2 aromatic heterocycles. The zero-order chi connectivity index (χ0) is 21.2. The minimum atomic E-state index is -0.0760. The van der Waals surface area contributed by atoms with Gasteiger partial charge in [0.15, 0.2) is 11.0 Å². The first-order valence-electron chi connectivity index (χ1n) is 10.5. The van der Waals surface area contributed by atoms with Gasteiger partial charge in [0.25, 0.3) is 0 Å². The van der Waals surface area contributed by atoms with Crippen molar-refractivity contribution in [2.24, 2.45) is 0 Å².